The van der Waals surface area contributed by atoms with Gasteiger partial charge in [0.15, 0.2) is 0 Å². The molecule has 2 aromatic heterocycles. The molecule has 0 radical (unpaired) electrons. The van der Waals surface area contributed by atoms with Crippen molar-refractivity contribution in [1.29, 1.82) is 0 Å². The first-order valence-corrected chi connectivity index (χ1v) is 8.27. The van der Waals surface area contributed by atoms with Gasteiger partial charge in [-0.1, -0.05) is 61.5 Å². The Morgan fingerprint density at radius 2 is 1.41 bits per heavy atom. The SMILES string of the molecule is CC.CC.CC(C)c1cccnc1.CC(C)c1ccncn1. The second kappa shape index (κ2) is 15.6. The molecule has 0 saturated carbocycles. The highest BCUT2D eigenvalue weighted by atomic mass is 14.8. The van der Waals surface area contributed by atoms with Gasteiger partial charge in [0.05, 0.1) is 0 Å². The molecule has 0 atom stereocenters. The van der Waals surface area contributed by atoms with Crippen molar-refractivity contribution in [2.45, 2.75) is 67.2 Å². The van der Waals surface area contributed by atoms with Crippen LogP contribution < -0.4 is 0 Å². The minimum atomic E-state index is 0.507. The molecule has 2 heterocycles. The van der Waals surface area contributed by atoms with Crippen LogP contribution in [0.1, 0.15) is 78.5 Å². The van der Waals surface area contributed by atoms with Crippen molar-refractivity contribution < 1.29 is 0 Å². The van der Waals surface area contributed by atoms with Gasteiger partial charge < -0.3 is 0 Å². The van der Waals surface area contributed by atoms with Crippen molar-refractivity contribution in [3.63, 3.8) is 0 Å². The molecular formula is C19H33N3. The Hall–Kier alpha value is -1.77. The Morgan fingerprint density at radius 3 is 1.68 bits per heavy atom. The summed E-state index contributed by atoms with van der Waals surface area (Å²) in [7, 11) is 0. The molecule has 0 N–H and O–H groups in total. The van der Waals surface area contributed by atoms with Crippen molar-refractivity contribution in [3.8, 4) is 0 Å². The van der Waals surface area contributed by atoms with Crippen molar-refractivity contribution in [1.82, 2.24) is 15.0 Å². The molecule has 0 spiro atoms. The summed E-state index contributed by atoms with van der Waals surface area (Å²) in [4.78, 5) is 11.9. The van der Waals surface area contributed by atoms with E-state index in [1.54, 1.807) is 18.7 Å². The summed E-state index contributed by atoms with van der Waals surface area (Å²) in [5.41, 5.74) is 2.41. The van der Waals surface area contributed by atoms with Gasteiger partial charge >= 0.3 is 0 Å². The monoisotopic (exact) mass is 303 g/mol. The first-order valence-electron chi connectivity index (χ1n) is 8.27. The summed E-state index contributed by atoms with van der Waals surface area (Å²) in [6.07, 6.45) is 7.05. The predicted molar refractivity (Wildman–Crippen MR) is 97.1 cm³/mol. The van der Waals surface area contributed by atoms with Crippen LogP contribution in [0.15, 0.2) is 43.1 Å². The van der Waals surface area contributed by atoms with Gasteiger partial charge in [-0.3, -0.25) is 4.98 Å². The van der Waals surface area contributed by atoms with Crippen molar-refractivity contribution in [2.75, 3.05) is 0 Å². The van der Waals surface area contributed by atoms with Gasteiger partial charge in [0, 0.05) is 24.3 Å². The highest BCUT2D eigenvalue weighted by Crippen LogP contribution is 2.10. The molecule has 0 aliphatic carbocycles. The fourth-order valence-corrected chi connectivity index (χ4v) is 1.36. The van der Waals surface area contributed by atoms with Crippen molar-refractivity contribution >= 4 is 0 Å². The minimum Gasteiger partial charge on any atom is -0.264 e. The second-order valence-electron chi connectivity index (χ2n) is 4.73. The van der Waals surface area contributed by atoms with Crippen LogP contribution >= 0.6 is 0 Å². The summed E-state index contributed by atoms with van der Waals surface area (Å²) in [5, 5.41) is 0. The van der Waals surface area contributed by atoms with E-state index in [1.165, 1.54) is 5.56 Å². The Labute approximate surface area is 137 Å². The number of hydrogen-bond donors (Lipinski definition) is 0. The Balaban J connectivity index is 0. The quantitative estimate of drug-likeness (QED) is 0.697. The smallest absolute Gasteiger partial charge is 0.115 e. The first-order chi connectivity index (χ1) is 10.6. The molecule has 22 heavy (non-hydrogen) atoms. The zero-order chi connectivity index (χ0) is 17.4. The van der Waals surface area contributed by atoms with Gasteiger partial charge in [0.1, 0.15) is 6.33 Å². The fourth-order valence-electron chi connectivity index (χ4n) is 1.36. The lowest BCUT2D eigenvalue weighted by molar-refractivity contribution is 0.814. The van der Waals surface area contributed by atoms with Crippen LogP contribution in [0, 0.1) is 0 Å². The zero-order valence-electron chi connectivity index (χ0n) is 15.5. The summed E-state index contributed by atoms with van der Waals surface area (Å²) in [5.74, 6) is 1.10. The van der Waals surface area contributed by atoms with Crippen LogP contribution in [0.5, 0.6) is 0 Å². The molecule has 124 valence electrons. The fraction of sp³-hybridized carbons (Fsp3) is 0.526. The molecule has 0 aliphatic heterocycles. The van der Waals surface area contributed by atoms with Crippen LogP contribution in [-0.2, 0) is 0 Å². The molecule has 0 amide bonds. The Kier molecular flexibility index (Phi) is 16.0. The maximum Gasteiger partial charge on any atom is 0.115 e. The topological polar surface area (TPSA) is 38.7 Å². The van der Waals surface area contributed by atoms with Gasteiger partial charge in [-0.05, 0) is 29.5 Å². The van der Waals surface area contributed by atoms with E-state index in [0.29, 0.717) is 11.8 Å². The molecule has 0 bridgehead atoms. The Bertz CT molecular complexity index is 381. The maximum absolute atomic E-state index is 4.07. The lowest BCUT2D eigenvalue weighted by atomic mass is 10.1. The summed E-state index contributed by atoms with van der Waals surface area (Å²) in [6, 6.07) is 6.00. The second-order valence-corrected chi connectivity index (χ2v) is 4.73. The van der Waals surface area contributed by atoms with Gasteiger partial charge in [0.2, 0.25) is 0 Å². The van der Waals surface area contributed by atoms with E-state index < -0.39 is 0 Å². The number of nitrogens with zero attached hydrogens (tertiary/aromatic N) is 3. The first kappa shape index (κ1) is 22.5. The van der Waals surface area contributed by atoms with Crippen LogP contribution in [0.2, 0.25) is 0 Å². The average Bonchev–Trinajstić information content (AvgIpc) is 2.60. The minimum absolute atomic E-state index is 0.507. The highest BCUT2D eigenvalue weighted by molar-refractivity contribution is 5.12. The summed E-state index contributed by atoms with van der Waals surface area (Å²) < 4.78 is 0. The van der Waals surface area contributed by atoms with E-state index in [9.17, 15) is 0 Å². The largest absolute Gasteiger partial charge is 0.264 e. The van der Waals surface area contributed by atoms with Gasteiger partial charge in [-0.2, -0.15) is 0 Å². The molecule has 2 aromatic rings. The van der Waals surface area contributed by atoms with Gasteiger partial charge in [-0.15, -0.1) is 0 Å². The standard InChI is InChI=1S/C8H11N.C7H10N2.2C2H6/c1-7(2)8-4-3-5-9-6-8;1-6(2)7-3-4-8-5-9-7;2*1-2/h3-7H,1-2H3;3-6H,1-2H3;2*1-2H3. The van der Waals surface area contributed by atoms with E-state index in [-0.39, 0.29) is 0 Å². The molecular weight excluding hydrogens is 270 g/mol. The summed E-state index contributed by atoms with van der Waals surface area (Å²) in [6.45, 7) is 16.6. The molecule has 0 aliphatic rings. The molecule has 2 rings (SSSR count). The zero-order valence-corrected chi connectivity index (χ0v) is 15.5. The third-order valence-corrected chi connectivity index (χ3v) is 2.55. The van der Waals surface area contributed by atoms with E-state index in [0.717, 1.165) is 5.69 Å². The molecule has 0 unspecified atom stereocenters. The highest BCUT2D eigenvalue weighted by Gasteiger charge is 1.96. The maximum atomic E-state index is 4.07. The lowest BCUT2D eigenvalue weighted by Crippen LogP contribution is -1.90. The number of pyridine rings is 1. The van der Waals surface area contributed by atoms with Crippen LogP contribution in [-0.4, -0.2) is 15.0 Å². The summed E-state index contributed by atoms with van der Waals surface area (Å²) >= 11 is 0. The number of aromatic nitrogens is 3. The number of rotatable bonds is 2. The van der Waals surface area contributed by atoms with Crippen LogP contribution in [0.25, 0.3) is 0 Å². The third-order valence-electron chi connectivity index (χ3n) is 2.55. The lowest BCUT2D eigenvalue weighted by Gasteiger charge is -2.00. The van der Waals surface area contributed by atoms with E-state index in [2.05, 4.69) is 48.7 Å². The third kappa shape index (κ3) is 11.0. The van der Waals surface area contributed by atoms with Crippen LogP contribution in [0.3, 0.4) is 0 Å². The number of hydrogen-bond acceptors (Lipinski definition) is 3. The molecule has 0 fully saturated rings. The predicted octanol–water partition coefficient (Wildman–Crippen LogP) is 5.86. The van der Waals surface area contributed by atoms with Crippen molar-refractivity contribution in [2.24, 2.45) is 0 Å². The van der Waals surface area contributed by atoms with E-state index in [4.69, 9.17) is 0 Å². The molecule has 0 saturated heterocycles. The van der Waals surface area contributed by atoms with E-state index >= 15 is 0 Å². The normalized spacial score (nSPS) is 8.82. The van der Waals surface area contributed by atoms with E-state index in [1.807, 2.05) is 46.0 Å². The van der Waals surface area contributed by atoms with Crippen molar-refractivity contribution in [3.05, 3.63) is 54.4 Å². The Morgan fingerprint density at radius 1 is 0.773 bits per heavy atom. The molecule has 3 nitrogen and oxygen atoms in total. The molecule has 3 heteroatoms. The molecule has 0 aromatic carbocycles. The van der Waals surface area contributed by atoms with Gasteiger partial charge in [0.25, 0.3) is 0 Å². The van der Waals surface area contributed by atoms with Gasteiger partial charge in [-0.25, -0.2) is 9.97 Å². The average molecular weight is 303 g/mol. The van der Waals surface area contributed by atoms with Crippen LogP contribution in [0.4, 0.5) is 0 Å².